The number of anilines is 1. The second-order valence-corrected chi connectivity index (χ2v) is 7.34. The quantitative estimate of drug-likeness (QED) is 0.552. The van der Waals surface area contributed by atoms with E-state index >= 15 is 0 Å². The number of rotatable bonds is 4. The van der Waals surface area contributed by atoms with Crippen molar-refractivity contribution in [2.45, 2.75) is 6.92 Å². The molecule has 4 rings (SSSR count). The normalized spacial score (nSPS) is 15.1. The van der Waals surface area contributed by atoms with E-state index in [1.807, 2.05) is 30.3 Å². The minimum atomic E-state index is -1.02. The van der Waals surface area contributed by atoms with Crippen LogP contribution in [-0.4, -0.2) is 22.7 Å². The lowest BCUT2D eigenvalue weighted by atomic mass is 10.1. The van der Waals surface area contributed by atoms with Gasteiger partial charge in [0.25, 0.3) is 5.91 Å². The van der Waals surface area contributed by atoms with Gasteiger partial charge in [0.05, 0.1) is 22.5 Å². The molecule has 144 valence electrons. The lowest BCUT2D eigenvalue weighted by Crippen LogP contribution is -2.21. The van der Waals surface area contributed by atoms with Crippen LogP contribution in [0.5, 0.6) is 0 Å². The predicted molar refractivity (Wildman–Crippen MR) is 114 cm³/mol. The molecule has 0 spiro atoms. The largest absolute Gasteiger partial charge is 0.478 e. The van der Waals surface area contributed by atoms with E-state index in [0.29, 0.717) is 28.5 Å². The molecule has 0 saturated carbocycles. The maximum atomic E-state index is 12.8. The van der Waals surface area contributed by atoms with Gasteiger partial charge in [-0.1, -0.05) is 28.1 Å². The van der Waals surface area contributed by atoms with Crippen LogP contribution < -0.4 is 5.01 Å². The number of carboxylic acids is 1. The van der Waals surface area contributed by atoms with E-state index in [1.165, 1.54) is 17.1 Å². The van der Waals surface area contributed by atoms with Crippen LogP contribution in [-0.2, 0) is 4.79 Å². The van der Waals surface area contributed by atoms with Crippen molar-refractivity contribution in [3.05, 3.63) is 82.0 Å². The summed E-state index contributed by atoms with van der Waals surface area (Å²) in [6.07, 6.45) is 1.66. The second kappa shape index (κ2) is 7.52. The number of carbonyl (C=O) groups is 2. The van der Waals surface area contributed by atoms with Crippen LogP contribution in [0.4, 0.5) is 5.69 Å². The number of nitrogens with zero attached hydrogens (tertiary/aromatic N) is 2. The van der Waals surface area contributed by atoms with E-state index in [2.05, 4.69) is 21.0 Å². The Morgan fingerprint density at radius 2 is 1.76 bits per heavy atom. The molecule has 2 aromatic carbocycles. The monoisotopic (exact) mass is 450 g/mol. The summed E-state index contributed by atoms with van der Waals surface area (Å²) < 4.78 is 6.85. The average Bonchev–Trinajstić information content (AvgIpc) is 3.29. The van der Waals surface area contributed by atoms with Gasteiger partial charge in [-0.3, -0.25) is 4.79 Å². The number of furan rings is 1. The highest BCUT2D eigenvalue weighted by Gasteiger charge is 2.29. The van der Waals surface area contributed by atoms with Gasteiger partial charge in [-0.2, -0.15) is 10.1 Å². The predicted octanol–water partition coefficient (Wildman–Crippen LogP) is 5.21. The Bertz CT molecular complexity index is 1160. The van der Waals surface area contributed by atoms with Crippen molar-refractivity contribution < 1.29 is 19.1 Å². The molecule has 0 bridgehead atoms. The molecule has 1 aromatic heterocycles. The maximum Gasteiger partial charge on any atom is 0.335 e. The van der Waals surface area contributed by atoms with Gasteiger partial charge in [0, 0.05) is 10.0 Å². The first kappa shape index (κ1) is 18.9. The summed E-state index contributed by atoms with van der Waals surface area (Å²) in [4.78, 5) is 23.8. The summed E-state index contributed by atoms with van der Waals surface area (Å²) in [6, 6.07) is 17.4. The third-order valence-electron chi connectivity index (χ3n) is 4.46. The number of halogens is 1. The van der Waals surface area contributed by atoms with E-state index in [0.717, 1.165) is 10.0 Å². The van der Waals surface area contributed by atoms with Gasteiger partial charge in [-0.25, -0.2) is 4.79 Å². The van der Waals surface area contributed by atoms with Gasteiger partial charge in [-0.05, 0) is 61.5 Å². The van der Waals surface area contributed by atoms with Crippen molar-refractivity contribution >= 4 is 45.3 Å². The molecular weight excluding hydrogens is 436 g/mol. The zero-order valence-electron chi connectivity index (χ0n) is 15.3. The minimum Gasteiger partial charge on any atom is -0.478 e. The zero-order chi connectivity index (χ0) is 20.5. The third-order valence-corrected chi connectivity index (χ3v) is 4.99. The molecule has 1 N–H and O–H groups in total. The number of hydrazone groups is 1. The average molecular weight is 451 g/mol. The van der Waals surface area contributed by atoms with Gasteiger partial charge in [0.15, 0.2) is 0 Å². The fourth-order valence-corrected chi connectivity index (χ4v) is 3.21. The Balaban J connectivity index is 1.59. The van der Waals surface area contributed by atoms with E-state index in [1.54, 1.807) is 31.2 Å². The van der Waals surface area contributed by atoms with Gasteiger partial charge in [-0.15, -0.1) is 0 Å². The third kappa shape index (κ3) is 3.77. The fourth-order valence-electron chi connectivity index (χ4n) is 2.95. The molecule has 0 unspecified atom stereocenters. The maximum absolute atomic E-state index is 12.8. The molecule has 1 aliphatic rings. The van der Waals surface area contributed by atoms with Crippen LogP contribution >= 0.6 is 15.9 Å². The van der Waals surface area contributed by atoms with Crippen molar-refractivity contribution in [3.8, 4) is 11.3 Å². The molecule has 6 nitrogen and oxygen atoms in total. The SMILES string of the molecule is CC1=NN(c2ccc(C(=O)O)cc2)C(=O)/C1=C/c1ccc(-c2ccc(Br)cc2)o1. The van der Waals surface area contributed by atoms with Crippen LogP contribution in [0.2, 0.25) is 0 Å². The molecule has 3 aromatic rings. The smallest absolute Gasteiger partial charge is 0.335 e. The molecule has 0 fully saturated rings. The van der Waals surface area contributed by atoms with Crippen molar-refractivity contribution in [1.82, 2.24) is 0 Å². The Labute approximate surface area is 174 Å². The molecule has 0 atom stereocenters. The number of carbonyl (C=O) groups excluding carboxylic acids is 1. The Kier molecular flexibility index (Phi) is 4.90. The number of benzene rings is 2. The van der Waals surface area contributed by atoms with Crippen molar-refractivity contribution in [1.29, 1.82) is 0 Å². The molecule has 2 heterocycles. The van der Waals surface area contributed by atoms with Gasteiger partial charge in [0.1, 0.15) is 11.5 Å². The highest BCUT2D eigenvalue weighted by atomic mass is 79.9. The molecule has 1 aliphatic heterocycles. The standard InChI is InChI=1S/C22H15BrN2O4/c1-13-19(12-18-10-11-20(29-18)14-2-6-16(23)7-3-14)21(26)25(24-13)17-8-4-15(5-9-17)22(27)28/h2-12H,1H3,(H,27,28)/b19-12+. The first-order valence-electron chi connectivity index (χ1n) is 8.73. The number of hydrogen-bond acceptors (Lipinski definition) is 4. The van der Waals surface area contributed by atoms with Gasteiger partial charge >= 0.3 is 5.97 Å². The molecule has 0 aliphatic carbocycles. The summed E-state index contributed by atoms with van der Waals surface area (Å²) >= 11 is 3.41. The molecule has 0 radical (unpaired) electrons. The topological polar surface area (TPSA) is 83.1 Å². The first-order chi connectivity index (χ1) is 13.9. The summed E-state index contributed by atoms with van der Waals surface area (Å²) in [5, 5.41) is 14.6. The number of aromatic carboxylic acids is 1. The van der Waals surface area contributed by atoms with Gasteiger partial charge < -0.3 is 9.52 Å². The summed E-state index contributed by atoms with van der Waals surface area (Å²) in [5.41, 5.74) is 2.55. The highest BCUT2D eigenvalue weighted by Crippen LogP contribution is 2.28. The van der Waals surface area contributed by atoms with Gasteiger partial charge in [0.2, 0.25) is 0 Å². The van der Waals surface area contributed by atoms with E-state index in [-0.39, 0.29) is 11.5 Å². The van der Waals surface area contributed by atoms with E-state index < -0.39 is 5.97 Å². The van der Waals surface area contributed by atoms with Crippen molar-refractivity contribution in [2.24, 2.45) is 5.10 Å². The first-order valence-corrected chi connectivity index (χ1v) is 9.52. The van der Waals surface area contributed by atoms with Crippen LogP contribution in [0.3, 0.4) is 0 Å². The Hall–Kier alpha value is -3.45. The van der Waals surface area contributed by atoms with E-state index in [9.17, 15) is 9.59 Å². The lowest BCUT2D eigenvalue weighted by molar-refractivity contribution is -0.114. The molecule has 1 amide bonds. The lowest BCUT2D eigenvalue weighted by Gasteiger charge is -2.11. The summed E-state index contributed by atoms with van der Waals surface area (Å²) in [5.74, 6) is -0.0782. The summed E-state index contributed by atoms with van der Waals surface area (Å²) in [6.45, 7) is 1.74. The van der Waals surface area contributed by atoms with E-state index in [4.69, 9.17) is 9.52 Å². The van der Waals surface area contributed by atoms with Crippen LogP contribution in [0.1, 0.15) is 23.0 Å². The molecule has 7 heteroatoms. The van der Waals surface area contributed by atoms with Crippen LogP contribution in [0.15, 0.2) is 80.2 Å². The van der Waals surface area contributed by atoms with Crippen LogP contribution in [0.25, 0.3) is 17.4 Å². The molecule has 29 heavy (non-hydrogen) atoms. The number of amides is 1. The minimum absolute atomic E-state index is 0.146. The van der Waals surface area contributed by atoms with Crippen molar-refractivity contribution in [3.63, 3.8) is 0 Å². The summed E-state index contributed by atoms with van der Waals surface area (Å²) in [7, 11) is 0. The molecule has 0 saturated heterocycles. The molecular formula is C22H15BrN2O4. The second-order valence-electron chi connectivity index (χ2n) is 6.42. The van der Waals surface area contributed by atoms with Crippen molar-refractivity contribution in [2.75, 3.05) is 5.01 Å². The zero-order valence-corrected chi connectivity index (χ0v) is 16.9. The fraction of sp³-hybridized carbons (Fsp3) is 0.0455. The van der Waals surface area contributed by atoms with Crippen LogP contribution in [0, 0.1) is 0 Å². The number of hydrogen-bond donors (Lipinski definition) is 1. The Morgan fingerprint density at radius 1 is 1.07 bits per heavy atom. The Morgan fingerprint density at radius 3 is 2.41 bits per heavy atom. The number of carboxylic acid groups (broad SMARTS) is 1. The highest BCUT2D eigenvalue weighted by molar-refractivity contribution is 9.10.